The number of hydrogen-bond donors (Lipinski definition) is 1. The topological polar surface area (TPSA) is 96.2 Å². The summed E-state index contributed by atoms with van der Waals surface area (Å²) in [7, 11) is -1.77. The van der Waals surface area contributed by atoms with Crippen molar-refractivity contribution in [2.24, 2.45) is 7.05 Å². The van der Waals surface area contributed by atoms with E-state index < -0.39 is 10.0 Å². The highest BCUT2D eigenvalue weighted by Crippen LogP contribution is 2.23. The molecule has 2 aromatic heterocycles. The summed E-state index contributed by atoms with van der Waals surface area (Å²) in [6.45, 7) is 10.6. The quantitative estimate of drug-likeness (QED) is 0.777. The molecule has 0 saturated carbocycles. The van der Waals surface area contributed by atoms with Crippen LogP contribution in [0, 0.1) is 6.92 Å². The molecule has 9 nitrogen and oxygen atoms in total. The van der Waals surface area contributed by atoms with E-state index in [0.29, 0.717) is 32.0 Å². The highest BCUT2D eigenvalue weighted by atomic mass is 32.2. The molecule has 0 unspecified atom stereocenters. The molecule has 10 heteroatoms. The van der Waals surface area contributed by atoms with Crippen LogP contribution in [-0.4, -0.2) is 65.0 Å². The molecule has 154 valence electrons. The fraction of sp³-hybridized carbons (Fsp3) is 0.611. The van der Waals surface area contributed by atoms with Crippen LogP contribution in [0.2, 0.25) is 0 Å². The van der Waals surface area contributed by atoms with E-state index in [1.165, 1.54) is 4.31 Å². The number of rotatable bonds is 6. The second kappa shape index (κ2) is 8.04. The maximum atomic E-state index is 13.0. The number of aryl methyl sites for hydroxylation is 2. The summed E-state index contributed by atoms with van der Waals surface area (Å²) in [5.74, 6) is 3.23. The fourth-order valence-corrected chi connectivity index (χ4v) is 4.80. The van der Waals surface area contributed by atoms with E-state index in [1.807, 2.05) is 40.8 Å². The highest BCUT2D eigenvalue weighted by molar-refractivity contribution is 7.89. The maximum absolute atomic E-state index is 13.0. The monoisotopic (exact) mass is 407 g/mol. The molecule has 1 saturated heterocycles. The number of hydrogen-bond acceptors (Lipinski definition) is 7. The fourth-order valence-electron chi connectivity index (χ4n) is 3.39. The second-order valence-electron chi connectivity index (χ2n) is 7.28. The smallest absolute Gasteiger partial charge is 0.262 e. The van der Waals surface area contributed by atoms with Crippen LogP contribution in [0.4, 0.5) is 11.6 Å². The number of nitrogens with one attached hydrogen (secondary N) is 1. The Hall–Kier alpha value is -2.20. The van der Waals surface area contributed by atoms with Crippen molar-refractivity contribution in [2.45, 2.75) is 38.6 Å². The molecule has 0 spiro atoms. The Kier molecular flexibility index (Phi) is 5.90. The molecule has 3 heterocycles. The van der Waals surface area contributed by atoms with E-state index in [4.69, 9.17) is 0 Å². The molecule has 1 fully saturated rings. The van der Waals surface area contributed by atoms with Gasteiger partial charge in [-0.3, -0.25) is 0 Å². The van der Waals surface area contributed by atoms with Gasteiger partial charge in [-0.25, -0.2) is 23.4 Å². The Bertz CT molecular complexity index is 931. The molecule has 0 atom stereocenters. The van der Waals surface area contributed by atoms with Crippen LogP contribution in [0.25, 0.3) is 0 Å². The lowest BCUT2D eigenvalue weighted by molar-refractivity contribution is 0.382. The predicted octanol–water partition coefficient (Wildman–Crippen LogP) is 1.58. The van der Waals surface area contributed by atoms with Crippen LogP contribution >= 0.6 is 0 Å². The molecule has 28 heavy (non-hydrogen) atoms. The molecule has 1 N–H and O–H groups in total. The lowest BCUT2D eigenvalue weighted by Crippen LogP contribution is -2.49. The van der Waals surface area contributed by atoms with Crippen LogP contribution in [0.1, 0.15) is 38.3 Å². The van der Waals surface area contributed by atoms with Crippen molar-refractivity contribution in [1.29, 1.82) is 0 Å². The standard InChI is InChI=1S/C18H29N7O2S/c1-6-19-15-11-16(21-14(4)20-15)24-7-9-25(10-8-24)28(26,27)17-12-23(5)18(22-17)13(2)3/h11-13H,6-10H2,1-5H3,(H,19,20,21). The van der Waals surface area contributed by atoms with Crippen molar-refractivity contribution in [3.8, 4) is 0 Å². The lowest BCUT2D eigenvalue weighted by atomic mass is 10.2. The van der Waals surface area contributed by atoms with E-state index in [2.05, 4.69) is 25.2 Å². The first-order valence-electron chi connectivity index (χ1n) is 9.60. The summed E-state index contributed by atoms with van der Waals surface area (Å²) in [4.78, 5) is 15.3. The zero-order valence-corrected chi connectivity index (χ0v) is 18.0. The molecule has 1 aliphatic heterocycles. The van der Waals surface area contributed by atoms with Crippen LogP contribution in [0.3, 0.4) is 0 Å². The maximum Gasteiger partial charge on any atom is 0.262 e. The number of nitrogens with zero attached hydrogens (tertiary/aromatic N) is 6. The van der Waals surface area contributed by atoms with Crippen LogP contribution < -0.4 is 10.2 Å². The first kappa shape index (κ1) is 20.5. The normalized spacial score (nSPS) is 16.0. The molecule has 2 aromatic rings. The molecule has 0 amide bonds. The van der Waals surface area contributed by atoms with Gasteiger partial charge in [0.05, 0.1) is 0 Å². The minimum atomic E-state index is -3.60. The van der Waals surface area contributed by atoms with Gasteiger partial charge in [0.15, 0.2) is 5.03 Å². The second-order valence-corrected chi connectivity index (χ2v) is 9.17. The van der Waals surface area contributed by atoms with Gasteiger partial charge in [0.1, 0.15) is 23.3 Å². The van der Waals surface area contributed by atoms with E-state index in [1.54, 1.807) is 10.8 Å². The minimum Gasteiger partial charge on any atom is -0.370 e. The average Bonchev–Trinajstić information content (AvgIpc) is 3.04. The van der Waals surface area contributed by atoms with Gasteiger partial charge in [0, 0.05) is 58.0 Å². The van der Waals surface area contributed by atoms with E-state index in [9.17, 15) is 8.42 Å². The highest BCUT2D eigenvalue weighted by Gasteiger charge is 2.31. The summed E-state index contributed by atoms with van der Waals surface area (Å²) in [6.07, 6.45) is 1.60. The third kappa shape index (κ3) is 4.12. The molecule has 1 aliphatic rings. The van der Waals surface area contributed by atoms with Gasteiger partial charge >= 0.3 is 0 Å². The van der Waals surface area contributed by atoms with Gasteiger partial charge in [-0.1, -0.05) is 13.8 Å². The molecule has 3 rings (SSSR count). The summed E-state index contributed by atoms with van der Waals surface area (Å²) in [6, 6.07) is 1.91. The Balaban J connectivity index is 1.74. The van der Waals surface area contributed by atoms with E-state index in [-0.39, 0.29) is 10.9 Å². The molecule has 0 aromatic carbocycles. The van der Waals surface area contributed by atoms with Gasteiger partial charge in [0.2, 0.25) is 0 Å². The first-order chi connectivity index (χ1) is 13.2. The first-order valence-corrected chi connectivity index (χ1v) is 11.0. The third-order valence-electron chi connectivity index (χ3n) is 4.76. The number of imidazole rings is 1. The predicted molar refractivity (Wildman–Crippen MR) is 109 cm³/mol. The molecule has 0 aliphatic carbocycles. The summed E-state index contributed by atoms with van der Waals surface area (Å²) in [5, 5.41) is 3.33. The lowest BCUT2D eigenvalue weighted by Gasteiger charge is -2.34. The Morgan fingerprint density at radius 3 is 2.39 bits per heavy atom. The van der Waals surface area contributed by atoms with Gasteiger partial charge in [0.25, 0.3) is 10.0 Å². The number of anilines is 2. The Morgan fingerprint density at radius 2 is 1.82 bits per heavy atom. The Morgan fingerprint density at radius 1 is 1.14 bits per heavy atom. The minimum absolute atomic E-state index is 0.125. The van der Waals surface area contributed by atoms with Gasteiger partial charge in [-0.2, -0.15) is 4.31 Å². The Labute approximate surface area is 166 Å². The summed E-state index contributed by atoms with van der Waals surface area (Å²) < 4.78 is 29.3. The van der Waals surface area contributed by atoms with E-state index in [0.717, 1.165) is 24.0 Å². The molecular formula is C18H29N7O2S. The molecule has 0 bridgehead atoms. The van der Waals surface area contributed by atoms with Gasteiger partial charge in [-0.05, 0) is 13.8 Å². The molecule has 0 radical (unpaired) electrons. The van der Waals surface area contributed by atoms with Crippen molar-refractivity contribution in [3.05, 3.63) is 23.9 Å². The van der Waals surface area contributed by atoms with Crippen molar-refractivity contribution < 1.29 is 8.42 Å². The number of sulfonamides is 1. The number of aromatic nitrogens is 4. The van der Waals surface area contributed by atoms with Gasteiger partial charge in [-0.15, -0.1) is 0 Å². The van der Waals surface area contributed by atoms with Crippen LogP contribution in [-0.2, 0) is 17.1 Å². The third-order valence-corrected chi connectivity index (χ3v) is 6.53. The van der Waals surface area contributed by atoms with Crippen molar-refractivity contribution >= 4 is 21.7 Å². The van der Waals surface area contributed by atoms with Crippen molar-refractivity contribution in [3.63, 3.8) is 0 Å². The van der Waals surface area contributed by atoms with Gasteiger partial charge < -0.3 is 14.8 Å². The summed E-state index contributed by atoms with van der Waals surface area (Å²) in [5.41, 5.74) is 0. The number of piperazine rings is 1. The van der Waals surface area contributed by atoms with Crippen molar-refractivity contribution in [1.82, 2.24) is 23.8 Å². The SMILES string of the molecule is CCNc1cc(N2CCN(S(=O)(=O)c3cn(C)c(C(C)C)n3)CC2)nc(C)n1. The summed E-state index contributed by atoms with van der Waals surface area (Å²) >= 11 is 0. The largest absolute Gasteiger partial charge is 0.370 e. The zero-order valence-electron chi connectivity index (χ0n) is 17.2. The van der Waals surface area contributed by atoms with Crippen LogP contribution in [0.5, 0.6) is 0 Å². The van der Waals surface area contributed by atoms with E-state index >= 15 is 0 Å². The average molecular weight is 408 g/mol. The van der Waals surface area contributed by atoms with Crippen molar-refractivity contribution in [2.75, 3.05) is 42.9 Å². The van der Waals surface area contributed by atoms with Crippen LogP contribution in [0.15, 0.2) is 17.3 Å². The molecular weight excluding hydrogens is 378 g/mol. The zero-order chi connectivity index (χ0) is 20.5.